The number of amides is 1. The maximum absolute atomic E-state index is 14.4. The Morgan fingerprint density at radius 1 is 1.32 bits per heavy atom. The fourth-order valence-electron chi connectivity index (χ4n) is 3.83. The number of piperidine rings is 1. The van der Waals surface area contributed by atoms with Crippen molar-refractivity contribution in [3.63, 3.8) is 0 Å². The Hall–Kier alpha value is -3.21. The van der Waals surface area contributed by atoms with E-state index in [2.05, 4.69) is 15.3 Å². The van der Waals surface area contributed by atoms with Crippen LogP contribution in [0.2, 0.25) is 5.02 Å². The Morgan fingerprint density at radius 2 is 2.09 bits per heavy atom. The van der Waals surface area contributed by atoms with Crippen molar-refractivity contribution >= 4 is 39.9 Å². The number of ether oxygens (including phenoxy) is 2. The van der Waals surface area contributed by atoms with E-state index in [-0.39, 0.29) is 29.3 Å². The Morgan fingerprint density at radius 3 is 2.79 bits per heavy atom. The van der Waals surface area contributed by atoms with Crippen LogP contribution in [0.1, 0.15) is 12.8 Å². The first-order valence-corrected chi connectivity index (χ1v) is 11.1. The average molecular weight is 490 g/mol. The van der Waals surface area contributed by atoms with Gasteiger partial charge in [-0.1, -0.05) is 17.7 Å². The number of nitrogens with one attached hydrogen (secondary N) is 1. The molecule has 0 aliphatic carbocycles. The third kappa shape index (κ3) is 4.98. The number of carbonyl (C=O) groups excluding carboxylic acids is 1. The van der Waals surface area contributed by atoms with Crippen LogP contribution in [-0.4, -0.2) is 64.8 Å². The van der Waals surface area contributed by atoms with Crippen molar-refractivity contribution in [3.8, 4) is 11.5 Å². The molecule has 0 spiro atoms. The molecule has 9 nitrogen and oxygen atoms in total. The quantitative estimate of drug-likeness (QED) is 0.463. The first-order chi connectivity index (χ1) is 16.4. The lowest BCUT2D eigenvalue weighted by Gasteiger charge is -2.33. The monoisotopic (exact) mass is 489 g/mol. The van der Waals surface area contributed by atoms with Gasteiger partial charge in [-0.3, -0.25) is 4.79 Å². The lowest BCUT2D eigenvalue weighted by molar-refractivity contribution is -0.135. The summed E-state index contributed by atoms with van der Waals surface area (Å²) in [7, 11) is 1.53. The van der Waals surface area contributed by atoms with Gasteiger partial charge in [-0.15, -0.1) is 0 Å². The van der Waals surface area contributed by atoms with Crippen molar-refractivity contribution in [3.05, 3.63) is 47.5 Å². The third-order valence-corrected chi connectivity index (χ3v) is 5.98. The lowest BCUT2D eigenvalue weighted by Crippen LogP contribution is -2.50. The van der Waals surface area contributed by atoms with E-state index in [1.165, 1.54) is 19.5 Å². The number of likely N-dealkylation sites (tertiary alicyclic amines) is 1. The second kappa shape index (κ2) is 10.4. The van der Waals surface area contributed by atoms with Gasteiger partial charge < -0.3 is 30.5 Å². The molecule has 1 amide bonds. The summed E-state index contributed by atoms with van der Waals surface area (Å²) in [5, 5.41) is 12.7. The average Bonchev–Trinajstić information content (AvgIpc) is 2.86. The van der Waals surface area contributed by atoms with Gasteiger partial charge in [0.15, 0.2) is 17.3 Å². The van der Waals surface area contributed by atoms with E-state index >= 15 is 0 Å². The number of aromatic nitrogens is 2. The molecule has 1 fully saturated rings. The molecule has 0 radical (unpaired) electrons. The molecule has 2 heterocycles. The van der Waals surface area contributed by atoms with Crippen LogP contribution >= 0.6 is 11.6 Å². The zero-order valence-corrected chi connectivity index (χ0v) is 19.3. The molecule has 0 bridgehead atoms. The Bertz CT molecular complexity index is 1190. The minimum absolute atomic E-state index is 0.00252. The van der Waals surface area contributed by atoms with Crippen LogP contribution in [0.3, 0.4) is 0 Å². The number of nitrogens with zero attached hydrogens (tertiary/aromatic N) is 3. The van der Waals surface area contributed by atoms with Gasteiger partial charge in [-0.05, 0) is 18.2 Å². The van der Waals surface area contributed by atoms with Crippen LogP contribution in [0, 0.1) is 5.82 Å². The van der Waals surface area contributed by atoms with Crippen LogP contribution in [0.5, 0.6) is 11.5 Å². The highest BCUT2D eigenvalue weighted by Crippen LogP contribution is 2.36. The number of hydrogen-bond acceptors (Lipinski definition) is 8. The Labute approximate surface area is 200 Å². The summed E-state index contributed by atoms with van der Waals surface area (Å²) < 4.78 is 26.1. The van der Waals surface area contributed by atoms with E-state index in [9.17, 15) is 9.18 Å². The van der Waals surface area contributed by atoms with Gasteiger partial charge in [-0.2, -0.15) is 0 Å². The molecule has 4 N–H and O–H groups in total. The molecular formula is C23H25ClFN5O4. The van der Waals surface area contributed by atoms with E-state index in [0.717, 1.165) is 0 Å². The summed E-state index contributed by atoms with van der Waals surface area (Å²) in [6.45, 7) is 0.579. The molecule has 1 atom stereocenters. The van der Waals surface area contributed by atoms with Gasteiger partial charge in [0.1, 0.15) is 24.3 Å². The normalized spacial score (nSPS) is 15.3. The van der Waals surface area contributed by atoms with Gasteiger partial charge in [0, 0.05) is 37.4 Å². The fourth-order valence-corrected chi connectivity index (χ4v) is 4.00. The number of halogens is 2. The molecule has 1 aliphatic rings. The highest BCUT2D eigenvalue weighted by Gasteiger charge is 2.27. The van der Waals surface area contributed by atoms with E-state index < -0.39 is 11.9 Å². The zero-order chi connectivity index (χ0) is 24.2. The highest BCUT2D eigenvalue weighted by molar-refractivity contribution is 6.31. The number of anilines is 2. The summed E-state index contributed by atoms with van der Waals surface area (Å²) in [4.78, 5) is 22.4. The molecule has 2 aromatic carbocycles. The number of nitrogens with two attached hydrogens (primary N) is 1. The van der Waals surface area contributed by atoms with Crippen LogP contribution in [0.15, 0.2) is 36.7 Å². The molecule has 11 heteroatoms. The second-order valence-electron chi connectivity index (χ2n) is 7.90. The molecule has 0 unspecified atom stereocenters. The van der Waals surface area contributed by atoms with Crippen molar-refractivity contribution in [2.24, 2.45) is 5.73 Å². The van der Waals surface area contributed by atoms with E-state index in [0.29, 0.717) is 54.2 Å². The first kappa shape index (κ1) is 23.9. The number of rotatable bonds is 7. The number of aliphatic hydroxyl groups excluding tert-OH is 1. The largest absolute Gasteiger partial charge is 0.493 e. The number of carbonyl (C=O) groups is 1. The Kier molecular flexibility index (Phi) is 7.30. The van der Waals surface area contributed by atoms with Crippen molar-refractivity contribution in [1.82, 2.24) is 14.9 Å². The SMILES string of the molecule is COc1cc2c(Nc3cccc(Cl)c3F)ncnc2cc1OC1CCN(C(=O)[C@H](N)CO)CC1. The summed E-state index contributed by atoms with van der Waals surface area (Å²) in [6, 6.07) is 7.24. The van der Waals surface area contributed by atoms with Crippen LogP contribution in [-0.2, 0) is 4.79 Å². The third-order valence-electron chi connectivity index (χ3n) is 5.69. The summed E-state index contributed by atoms with van der Waals surface area (Å²) in [6.07, 6.45) is 2.45. The van der Waals surface area contributed by atoms with Gasteiger partial charge in [0.2, 0.25) is 5.91 Å². The number of methoxy groups -OCH3 is 1. The van der Waals surface area contributed by atoms with Crippen LogP contribution in [0.4, 0.5) is 15.9 Å². The molecule has 0 saturated carbocycles. The minimum Gasteiger partial charge on any atom is -0.493 e. The van der Waals surface area contributed by atoms with E-state index in [4.69, 9.17) is 31.9 Å². The molecule has 1 aromatic heterocycles. The van der Waals surface area contributed by atoms with Crippen molar-refractivity contribution < 1.29 is 23.8 Å². The van der Waals surface area contributed by atoms with E-state index in [1.54, 1.807) is 29.2 Å². The standard InChI is InChI=1S/C23H25ClFN5O4/c1-33-19-9-14-18(27-12-28-22(14)29-17-4-2-3-15(24)21(17)25)10-20(19)34-13-5-7-30(8-6-13)23(32)16(26)11-31/h2-4,9-10,12-13,16,31H,5-8,11,26H2,1H3,(H,27,28,29)/t16-/m1/s1. The smallest absolute Gasteiger partial charge is 0.241 e. The molecule has 4 rings (SSSR count). The highest BCUT2D eigenvalue weighted by atomic mass is 35.5. The number of hydrogen-bond donors (Lipinski definition) is 3. The first-order valence-electron chi connectivity index (χ1n) is 10.8. The predicted molar refractivity (Wildman–Crippen MR) is 126 cm³/mol. The van der Waals surface area contributed by atoms with Gasteiger partial charge in [0.25, 0.3) is 0 Å². The molecule has 1 aliphatic heterocycles. The molecule has 34 heavy (non-hydrogen) atoms. The molecule has 180 valence electrons. The number of fused-ring (bicyclic) bond motifs is 1. The minimum atomic E-state index is -0.902. The molecule has 3 aromatic rings. The van der Waals surface area contributed by atoms with Gasteiger partial charge in [0.05, 0.1) is 29.9 Å². The summed E-state index contributed by atoms with van der Waals surface area (Å²) in [5.74, 6) is 0.524. The maximum atomic E-state index is 14.4. The van der Waals surface area contributed by atoms with Crippen molar-refractivity contribution in [1.29, 1.82) is 0 Å². The Balaban J connectivity index is 1.54. The number of aliphatic hydroxyl groups is 1. The lowest BCUT2D eigenvalue weighted by atomic mass is 10.1. The maximum Gasteiger partial charge on any atom is 0.241 e. The molecular weight excluding hydrogens is 465 g/mol. The summed E-state index contributed by atoms with van der Waals surface area (Å²) >= 11 is 5.89. The molecule has 1 saturated heterocycles. The van der Waals surface area contributed by atoms with Crippen molar-refractivity contribution in [2.45, 2.75) is 25.0 Å². The van der Waals surface area contributed by atoms with Crippen molar-refractivity contribution in [2.75, 3.05) is 32.1 Å². The fraction of sp³-hybridized carbons (Fsp3) is 0.348. The number of benzene rings is 2. The topological polar surface area (TPSA) is 123 Å². The van der Waals surface area contributed by atoms with Gasteiger partial charge in [-0.25, -0.2) is 14.4 Å². The van der Waals surface area contributed by atoms with E-state index in [1.807, 2.05) is 0 Å². The second-order valence-corrected chi connectivity index (χ2v) is 8.31. The zero-order valence-electron chi connectivity index (χ0n) is 18.5. The predicted octanol–water partition coefficient (Wildman–Crippen LogP) is 2.86. The van der Waals surface area contributed by atoms with Gasteiger partial charge >= 0.3 is 0 Å². The van der Waals surface area contributed by atoms with Crippen LogP contribution in [0.25, 0.3) is 10.9 Å². The summed E-state index contributed by atoms with van der Waals surface area (Å²) in [5.41, 5.74) is 6.41. The van der Waals surface area contributed by atoms with Crippen LogP contribution < -0.4 is 20.5 Å².